The van der Waals surface area contributed by atoms with Gasteiger partial charge in [-0.05, 0) is 18.4 Å². The summed E-state index contributed by atoms with van der Waals surface area (Å²) in [4.78, 5) is 11.6. The Hall–Kier alpha value is -2.10. The molecule has 1 aliphatic rings. The van der Waals surface area contributed by atoms with E-state index in [9.17, 15) is 4.79 Å². The number of nitrogens with zero attached hydrogens (tertiary/aromatic N) is 2. The van der Waals surface area contributed by atoms with Gasteiger partial charge in [-0.2, -0.15) is 5.10 Å². The van der Waals surface area contributed by atoms with E-state index in [1.165, 1.54) is 0 Å². The maximum atomic E-state index is 11.6. The Labute approximate surface area is 106 Å². The third-order valence-corrected chi connectivity index (χ3v) is 2.99. The fraction of sp³-hybridized carbons (Fsp3) is 0.286. The minimum Gasteiger partial charge on any atom is -0.352 e. The van der Waals surface area contributed by atoms with Crippen molar-refractivity contribution >= 4 is 5.91 Å². The molecule has 1 N–H and O–H groups in total. The van der Waals surface area contributed by atoms with Crippen molar-refractivity contribution in [3.63, 3.8) is 0 Å². The van der Waals surface area contributed by atoms with E-state index in [-0.39, 0.29) is 5.91 Å². The molecule has 0 unspecified atom stereocenters. The molecule has 1 heterocycles. The standard InChI is InChI=1S/C14H15N3O/c18-14(16-13-6-7-13)10-17-9-12(8-15-17)11-4-2-1-3-5-11/h1-5,8-9,13H,6-7,10H2,(H,16,18). The zero-order valence-electron chi connectivity index (χ0n) is 10.0. The van der Waals surface area contributed by atoms with Crippen LogP contribution in [0.25, 0.3) is 11.1 Å². The predicted octanol–water partition coefficient (Wildman–Crippen LogP) is 1.83. The number of aromatic nitrogens is 2. The van der Waals surface area contributed by atoms with Gasteiger partial charge in [0.2, 0.25) is 5.91 Å². The lowest BCUT2D eigenvalue weighted by Gasteiger charge is -2.02. The van der Waals surface area contributed by atoms with Crippen LogP contribution in [0.2, 0.25) is 0 Å². The van der Waals surface area contributed by atoms with Gasteiger partial charge in [0.15, 0.2) is 0 Å². The summed E-state index contributed by atoms with van der Waals surface area (Å²) >= 11 is 0. The van der Waals surface area contributed by atoms with Crippen molar-refractivity contribution in [2.45, 2.75) is 25.4 Å². The van der Waals surface area contributed by atoms with E-state index in [4.69, 9.17) is 0 Å². The number of carbonyl (C=O) groups excluding carboxylic acids is 1. The Morgan fingerprint density at radius 2 is 2.06 bits per heavy atom. The quantitative estimate of drug-likeness (QED) is 0.887. The second kappa shape index (κ2) is 4.64. The van der Waals surface area contributed by atoms with Crippen LogP contribution in [-0.2, 0) is 11.3 Å². The van der Waals surface area contributed by atoms with Gasteiger partial charge in [-0.25, -0.2) is 0 Å². The first-order valence-electron chi connectivity index (χ1n) is 6.18. The Bertz CT molecular complexity index is 543. The van der Waals surface area contributed by atoms with E-state index >= 15 is 0 Å². The summed E-state index contributed by atoms with van der Waals surface area (Å²) in [7, 11) is 0. The van der Waals surface area contributed by atoms with Crippen LogP contribution in [0.3, 0.4) is 0 Å². The number of rotatable bonds is 4. The number of hydrogen-bond acceptors (Lipinski definition) is 2. The van der Waals surface area contributed by atoms with Crippen LogP contribution in [0.1, 0.15) is 12.8 Å². The van der Waals surface area contributed by atoms with Crippen molar-refractivity contribution in [3.8, 4) is 11.1 Å². The predicted molar refractivity (Wildman–Crippen MR) is 68.8 cm³/mol. The Morgan fingerprint density at radius 3 is 2.78 bits per heavy atom. The van der Waals surface area contributed by atoms with E-state index in [1.54, 1.807) is 10.9 Å². The Morgan fingerprint density at radius 1 is 1.28 bits per heavy atom. The Kier molecular flexibility index (Phi) is 2.84. The molecule has 3 rings (SSSR count). The van der Waals surface area contributed by atoms with Crippen LogP contribution < -0.4 is 5.32 Å². The fourth-order valence-corrected chi connectivity index (χ4v) is 1.88. The van der Waals surface area contributed by atoms with Crippen LogP contribution in [0, 0.1) is 0 Å². The highest BCUT2D eigenvalue weighted by Crippen LogP contribution is 2.19. The minimum atomic E-state index is 0.0419. The summed E-state index contributed by atoms with van der Waals surface area (Å²) in [6.07, 6.45) is 5.92. The topological polar surface area (TPSA) is 46.9 Å². The van der Waals surface area contributed by atoms with Crippen LogP contribution >= 0.6 is 0 Å². The van der Waals surface area contributed by atoms with Crippen LogP contribution in [-0.4, -0.2) is 21.7 Å². The first kappa shape index (κ1) is 11.0. The third kappa shape index (κ3) is 2.59. The van der Waals surface area contributed by atoms with Gasteiger partial charge < -0.3 is 5.32 Å². The molecule has 0 saturated heterocycles. The smallest absolute Gasteiger partial charge is 0.241 e. The van der Waals surface area contributed by atoms with Gasteiger partial charge >= 0.3 is 0 Å². The monoisotopic (exact) mass is 241 g/mol. The molecule has 0 bridgehead atoms. The molecule has 18 heavy (non-hydrogen) atoms. The SMILES string of the molecule is O=C(Cn1cc(-c2ccccc2)cn1)NC1CC1. The van der Waals surface area contributed by atoms with Crippen LogP contribution in [0.5, 0.6) is 0 Å². The third-order valence-electron chi connectivity index (χ3n) is 2.99. The molecule has 92 valence electrons. The fourth-order valence-electron chi connectivity index (χ4n) is 1.88. The molecule has 0 aliphatic heterocycles. The lowest BCUT2D eigenvalue weighted by atomic mass is 10.1. The van der Waals surface area contributed by atoms with Crippen molar-refractivity contribution in [1.82, 2.24) is 15.1 Å². The van der Waals surface area contributed by atoms with E-state index in [2.05, 4.69) is 10.4 Å². The molecule has 1 saturated carbocycles. The molecule has 1 aromatic carbocycles. The zero-order chi connectivity index (χ0) is 12.4. The van der Waals surface area contributed by atoms with Gasteiger partial charge in [0.1, 0.15) is 6.54 Å². The maximum Gasteiger partial charge on any atom is 0.241 e. The molecule has 1 aromatic heterocycles. The number of benzene rings is 1. The molecular formula is C14H15N3O. The van der Waals surface area contributed by atoms with Crippen molar-refractivity contribution in [3.05, 3.63) is 42.7 Å². The van der Waals surface area contributed by atoms with Crippen LogP contribution in [0.4, 0.5) is 0 Å². The maximum absolute atomic E-state index is 11.6. The second-order valence-corrected chi connectivity index (χ2v) is 4.63. The molecule has 1 aliphatic carbocycles. The summed E-state index contributed by atoms with van der Waals surface area (Å²) in [5.74, 6) is 0.0419. The van der Waals surface area contributed by atoms with Gasteiger partial charge in [-0.3, -0.25) is 9.48 Å². The highest BCUT2D eigenvalue weighted by molar-refractivity contribution is 5.76. The normalized spacial score (nSPS) is 14.4. The van der Waals surface area contributed by atoms with Gasteiger partial charge in [-0.1, -0.05) is 30.3 Å². The average Bonchev–Trinajstić information content (AvgIpc) is 3.06. The molecule has 4 nitrogen and oxygen atoms in total. The summed E-state index contributed by atoms with van der Waals surface area (Å²) < 4.78 is 1.68. The average molecular weight is 241 g/mol. The highest BCUT2D eigenvalue weighted by Gasteiger charge is 2.23. The summed E-state index contributed by atoms with van der Waals surface area (Å²) in [5, 5.41) is 7.17. The lowest BCUT2D eigenvalue weighted by Crippen LogP contribution is -2.29. The Balaban J connectivity index is 1.67. The van der Waals surface area contributed by atoms with Gasteiger partial charge in [-0.15, -0.1) is 0 Å². The first-order valence-corrected chi connectivity index (χ1v) is 6.18. The second-order valence-electron chi connectivity index (χ2n) is 4.63. The van der Waals surface area contributed by atoms with E-state index in [0.717, 1.165) is 24.0 Å². The summed E-state index contributed by atoms with van der Waals surface area (Å²) in [6.45, 7) is 0.295. The lowest BCUT2D eigenvalue weighted by molar-refractivity contribution is -0.122. The minimum absolute atomic E-state index is 0.0419. The molecule has 0 atom stereocenters. The molecule has 0 radical (unpaired) electrons. The van der Waals surface area contributed by atoms with Gasteiger partial charge in [0.05, 0.1) is 6.20 Å². The largest absolute Gasteiger partial charge is 0.352 e. The molecule has 0 spiro atoms. The van der Waals surface area contributed by atoms with Crippen LogP contribution in [0.15, 0.2) is 42.7 Å². The van der Waals surface area contributed by atoms with E-state index in [0.29, 0.717) is 12.6 Å². The van der Waals surface area contributed by atoms with Crippen molar-refractivity contribution < 1.29 is 4.79 Å². The zero-order valence-corrected chi connectivity index (χ0v) is 10.0. The van der Waals surface area contributed by atoms with Crippen molar-refractivity contribution in [1.29, 1.82) is 0 Å². The van der Waals surface area contributed by atoms with Crippen molar-refractivity contribution in [2.75, 3.05) is 0 Å². The number of nitrogens with one attached hydrogen (secondary N) is 1. The molecular weight excluding hydrogens is 226 g/mol. The van der Waals surface area contributed by atoms with Gasteiger partial charge in [0, 0.05) is 17.8 Å². The summed E-state index contributed by atoms with van der Waals surface area (Å²) in [6, 6.07) is 10.4. The number of carbonyl (C=O) groups is 1. The van der Waals surface area contributed by atoms with E-state index in [1.807, 2.05) is 36.5 Å². The summed E-state index contributed by atoms with van der Waals surface area (Å²) in [5.41, 5.74) is 2.15. The van der Waals surface area contributed by atoms with Gasteiger partial charge in [0.25, 0.3) is 0 Å². The molecule has 1 fully saturated rings. The number of hydrogen-bond donors (Lipinski definition) is 1. The highest BCUT2D eigenvalue weighted by atomic mass is 16.2. The molecule has 2 aromatic rings. The first-order chi connectivity index (χ1) is 8.81. The van der Waals surface area contributed by atoms with Crippen molar-refractivity contribution in [2.24, 2.45) is 0 Å². The number of amides is 1. The molecule has 4 heteroatoms. The molecule has 1 amide bonds. The van der Waals surface area contributed by atoms with E-state index < -0.39 is 0 Å².